The minimum Gasteiger partial charge on any atom is -0.406 e. The molecule has 0 aliphatic carbocycles. The Bertz CT molecular complexity index is 514. The molecule has 0 radical (unpaired) electrons. The first-order chi connectivity index (χ1) is 9.78. The van der Waals surface area contributed by atoms with Gasteiger partial charge in [-0.3, -0.25) is 4.79 Å². The lowest BCUT2D eigenvalue weighted by Gasteiger charge is -2.31. The maximum absolute atomic E-state index is 12.1. The first kappa shape index (κ1) is 15.6. The van der Waals surface area contributed by atoms with Gasteiger partial charge in [0.25, 0.3) is 0 Å². The van der Waals surface area contributed by atoms with Crippen LogP contribution in [0.2, 0.25) is 0 Å². The van der Waals surface area contributed by atoms with Gasteiger partial charge in [0.05, 0.1) is 0 Å². The van der Waals surface area contributed by atoms with Crippen molar-refractivity contribution in [3.8, 4) is 5.75 Å². The van der Waals surface area contributed by atoms with Crippen LogP contribution in [0.3, 0.4) is 0 Å². The van der Waals surface area contributed by atoms with Crippen LogP contribution in [0.4, 0.5) is 18.9 Å². The number of carbonyl (C=O) groups excluding carboxylic acids is 1. The number of carbonyl (C=O) groups is 1. The topological polar surface area (TPSA) is 73.6 Å². The highest BCUT2D eigenvalue weighted by atomic mass is 19.4. The van der Waals surface area contributed by atoms with Gasteiger partial charge in [-0.05, 0) is 25.0 Å². The van der Waals surface area contributed by atoms with Gasteiger partial charge < -0.3 is 20.5 Å². The minimum absolute atomic E-state index is 0.193. The molecule has 0 aromatic heterocycles. The molecule has 1 aromatic rings. The Morgan fingerprint density at radius 2 is 2.00 bits per heavy atom. The molecule has 1 aromatic carbocycles. The molecule has 1 amide bonds. The lowest BCUT2D eigenvalue weighted by atomic mass is 9.90. The summed E-state index contributed by atoms with van der Waals surface area (Å²) in [5.41, 5.74) is 5.11. The van der Waals surface area contributed by atoms with Crippen LogP contribution in [-0.4, -0.2) is 31.0 Å². The average molecular weight is 304 g/mol. The Hall–Kier alpha value is -1.80. The van der Waals surface area contributed by atoms with Gasteiger partial charge in [-0.2, -0.15) is 0 Å². The Morgan fingerprint density at radius 1 is 1.33 bits per heavy atom. The molecule has 0 spiro atoms. The molecule has 8 heteroatoms. The van der Waals surface area contributed by atoms with E-state index in [1.165, 1.54) is 12.1 Å². The second kappa shape index (κ2) is 5.90. The smallest absolute Gasteiger partial charge is 0.406 e. The zero-order valence-electron chi connectivity index (χ0n) is 11.1. The second-order valence-corrected chi connectivity index (χ2v) is 4.80. The molecular weight excluding hydrogens is 289 g/mol. The zero-order valence-corrected chi connectivity index (χ0v) is 11.1. The normalized spacial score (nSPS) is 18.1. The molecule has 1 heterocycles. The van der Waals surface area contributed by atoms with Crippen LogP contribution >= 0.6 is 0 Å². The van der Waals surface area contributed by atoms with E-state index in [0.29, 0.717) is 26.1 Å². The molecule has 1 aliphatic heterocycles. The van der Waals surface area contributed by atoms with Crippen LogP contribution in [0.25, 0.3) is 0 Å². The number of alkyl halides is 3. The Morgan fingerprint density at radius 3 is 2.62 bits per heavy atom. The van der Waals surface area contributed by atoms with E-state index < -0.39 is 23.6 Å². The third-order valence-electron chi connectivity index (χ3n) is 3.16. The molecule has 0 saturated carbocycles. The summed E-state index contributed by atoms with van der Waals surface area (Å²) < 4.78 is 45.4. The number of benzene rings is 1. The molecule has 21 heavy (non-hydrogen) atoms. The van der Waals surface area contributed by atoms with Crippen LogP contribution < -0.4 is 15.8 Å². The maximum Gasteiger partial charge on any atom is 0.573 e. The van der Waals surface area contributed by atoms with Crippen molar-refractivity contribution >= 4 is 11.6 Å². The number of halogens is 3. The Balaban J connectivity index is 2.05. The Kier molecular flexibility index (Phi) is 4.38. The maximum atomic E-state index is 12.1. The third kappa shape index (κ3) is 4.33. The predicted molar refractivity (Wildman–Crippen MR) is 68.7 cm³/mol. The zero-order chi connectivity index (χ0) is 15.5. The number of anilines is 1. The number of ether oxygens (including phenoxy) is 2. The van der Waals surface area contributed by atoms with Gasteiger partial charge >= 0.3 is 6.36 Å². The van der Waals surface area contributed by atoms with Crippen LogP contribution in [-0.2, 0) is 9.53 Å². The van der Waals surface area contributed by atoms with E-state index in [4.69, 9.17) is 10.5 Å². The van der Waals surface area contributed by atoms with Crippen molar-refractivity contribution in [3.63, 3.8) is 0 Å². The largest absolute Gasteiger partial charge is 0.573 e. The van der Waals surface area contributed by atoms with Crippen molar-refractivity contribution in [1.82, 2.24) is 0 Å². The SMILES string of the molecule is NC1(C(=O)Nc2cccc(OC(F)(F)F)c2)CCOCC1. The predicted octanol–water partition coefficient (Wildman–Crippen LogP) is 2.03. The van der Waals surface area contributed by atoms with Crippen LogP contribution in [0, 0.1) is 0 Å². The van der Waals surface area contributed by atoms with Crippen molar-refractivity contribution in [2.24, 2.45) is 5.73 Å². The van der Waals surface area contributed by atoms with Gasteiger partial charge in [-0.15, -0.1) is 13.2 Å². The molecule has 1 saturated heterocycles. The third-order valence-corrected chi connectivity index (χ3v) is 3.16. The van der Waals surface area contributed by atoms with E-state index in [1.54, 1.807) is 0 Å². The molecule has 1 aliphatic rings. The molecule has 0 atom stereocenters. The standard InChI is InChI=1S/C13H15F3N2O3/c14-13(15,16)21-10-3-1-2-9(8-10)18-11(19)12(17)4-6-20-7-5-12/h1-3,8H,4-7,17H2,(H,18,19). The summed E-state index contributed by atoms with van der Waals surface area (Å²) in [7, 11) is 0. The molecule has 116 valence electrons. The number of hydrogen-bond donors (Lipinski definition) is 2. The monoisotopic (exact) mass is 304 g/mol. The van der Waals surface area contributed by atoms with Crippen LogP contribution in [0.15, 0.2) is 24.3 Å². The summed E-state index contributed by atoms with van der Waals surface area (Å²) >= 11 is 0. The van der Waals surface area contributed by atoms with Crippen molar-refractivity contribution in [1.29, 1.82) is 0 Å². The number of rotatable bonds is 3. The highest BCUT2D eigenvalue weighted by molar-refractivity contribution is 5.98. The summed E-state index contributed by atoms with van der Waals surface area (Å²) in [6.07, 6.45) is -4.06. The fourth-order valence-corrected chi connectivity index (χ4v) is 1.99. The molecule has 3 N–H and O–H groups in total. The lowest BCUT2D eigenvalue weighted by molar-refractivity contribution is -0.274. The number of nitrogens with one attached hydrogen (secondary N) is 1. The van der Waals surface area contributed by atoms with Gasteiger partial charge in [0.15, 0.2) is 0 Å². The first-order valence-electron chi connectivity index (χ1n) is 6.32. The molecule has 5 nitrogen and oxygen atoms in total. The summed E-state index contributed by atoms with van der Waals surface area (Å²) in [4.78, 5) is 12.1. The Labute approximate surface area is 119 Å². The van der Waals surface area contributed by atoms with Gasteiger partial charge in [0, 0.05) is 25.0 Å². The minimum atomic E-state index is -4.78. The molecule has 1 fully saturated rings. The fraction of sp³-hybridized carbons (Fsp3) is 0.462. The van der Waals surface area contributed by atoms with E-state index >= 15 is 0 Å². The second-order valence-electron chi connectivity index (χ2n) is 4.80. The van der Waals surface area contributed by atoms with Crippen molar-refractivity contribution in [2.45, 2.75) is 24.7 Å². The van der Waals surface area contributed by atoms with Gasteiger partial charge in [0.2, 0.25) is 5.91 Å². The van der Waals surface area contributed by atoms with Crippen LogP contribution in [0.5, 0.6) is 5.75 Å². The number of nitrogens with two attached hydrogens (primary N) is 1. The highest BCUT2D eigenvalue weighted by Gasteiger charge is 2.36. The van der Waals surface area contributed by atoms with Crippen LogP contribution in [0.1, 0.15) is 12.8 Å². The molecule has 0 unspecified atom stereocenters. The fourth-order valence-electron chi connectivity index (χ4n) is 1.99. The summed E-state index contributed by atoms with van der Waals surface area (Å²) in [6.45, 7) is 0.752. The molecule has 2 rings (SSSR count). The van der Waals surface area contributed by atoms with E-state index in [0.717, 1.165) is 12.1 Å². The van der Waals surface area contributed by atoms with Crippen molar-refractivity contribution in [2.75, 3.05) is 18.5 Å². The highest BCUT2D eigenvalue weighted by Crippen LogP contribution is 2.26. The van der Waals surface area contributed by atoms with E-state index in [-0.39, 0.29) is 5.69 Å². The quantitative estimate of drug-likeness (QED) is 0.896. The first-order valence-corrected chi connectivity index (χ1v) is 6.32. The molecule has 0 bridgehead atoms. The summed E-state index contributed by atoms with van der Waals surface area (Å²) in [5, 5.41) is 2.51. The van der Waals surface area contributed by atoms with Crippen molar-refractivity contribution < 1.29 is 27.4 Å². The van der Waals surface area contributed by atoms with E-state index in [2.05, 4.69) is 10.1 Å². The van der Waals surface area contributed by atoms with Crippen molar-refractivity contribution in [3.05, 3.63) is 24.3 Å². The van der Waals surface area contributed by atoms with E-state index in [1.807, 2.05) is 0 Å². The molecular formula is C13H15F3N2O3. The average Bonchev–Trinajstić information content (AvgIpc) is 2.38. The number of amides is 1. The summed E-state index contributed by atoms with van der Waals surface area (Å²) in [5.74, 6) is -0.853. The number of hydrogen-bond acceptors (Lipinski definition) is 4. The summed E-state index contributed by atoms with van der Waals surface area (Å²) in [6, 6.07) is 5.05. The van der Waals surface area contributed by atoms with Gasteiger partial charge in [-0.1, -0.05) is 6.07 Å². The van der Waals surface area contributed by atoms with E-state index in [9.17, 15) is 18.0 Å². The van der Waals surface area contributed by atoms with Gasteiger partial charge in [-0.25, -0.2) is 0 Å². The lowest BCUT2D eigenvalue weighted by Crippen LogP contribution is -2.54. The van der Waals surface area contributed by atoms with Gasteiger partial charge in [0.1, 0.15) is 11.3 Å².